The fraction of sp³-hybridized carbons (Fsp3) is 0.316. The van der Waals surface area contributed by atoms with Crippen molar-refractivity contribution in [3.8, 4) is 5.75 Å². The fourth-order valence-corrected chi connectivity index (χ4v) is 3.79. The highest BCUT2D eigenvalue weighted by Gasteiger charge is 2.29. The molecule has 0 spiro atoms. The first kappa shape index (κ1) is 19.8. The second-order valence-electron chi connectivity index (χ2n) is 6.02. The molecule has 0 aliphatic heterocycles. The molecule has 0 aliphatic rings. The van der Waals surface area contributed by atoms with Gasteiger partial charge in [0.25, 0.3) is 0 Å². The second kappa shape index (κ2) is 8.23. The van der Waals surface area contributed by atoms with Gasteiger partial charge < -0.3 is 10.1 Å². The van der Waals surface area contributed by atoms with Gasteiger partial charge in [-0.05, 0) is 62.7 Å². The second-order valence-corrected chi connectivity index (χ2v) is 7.88. The van der Waals surface area contributed by atoms with Crippen molar-refractivity contribution < 1.29 is 17.9 Å². The van der Waals surface area contributed by atoms with Crippen LogP contribution in [-0.4, -0.2) is 33.2 Å². The van der Waals surface area contributed by atoms with Crippen LogP contribution in [0, 0.1) is 6.92 Å². The van der Waals surface area contributed by atoms with E-state index in [2.05, 4.69) is 5.32 Å². The number of sulfonamides is 1. The molecule has 0 bridgehead atoms. The van der Waals surface area contributed by atoms with Crippen molar-refractivity contribution in [2.45, 2.75) is 26.8 Å². The SMILES string of the molecule is CCOc1ccc(NC(=O)C(C)N(c2cccc(C)c2)S(C)(=O)=O)cc1. The molecule has 0 saturated heterocycles. The van der Waals surface area contributed by atoms with Crippen molar-refractivity contribution in [3.05, 3.63) is 54.1 Å². The lowest BCUT2D eigenvalue weighted by molar-refractivity contribution is -0.116. The van der Waals surface area contributed by atoms with E-state index in [1.54, 1.807) is 49.4 Å². The number of hydrogen-bond donors (Lipinski definition) is 1. The third-order valence-electron chi connectivity index (χ3n) is 3.78. The Morgan fingerprint density at radius 1 is 1.19 bits per heavy atom. The first-order chi connectivity index (χ1) is 12.2. The van der Waals surface area contributed by atoms with E-state index in [-0.39, 0.29) is 0 Å². The first-order valence-electron chi connectivity index (χ1n) is 8.32. The van der Waals surface area contributed by atoms with Crippen molar-refractivity contribution in [3.63, 3.8) is 0 Å². The number of rotatable bonds is 7. The standard InChI is InChI=1S/C19H24N2O4S/c1-5-25-18-11-9-16(10-12-18)20-19(22)15(3)21(26(4,23)24)17-8-6-7-14(2)13-17/h6-13,15H,5H2,1-4H3,(H,20,22). The maximum atomic E-state index is 12.6. The zero-order valence-corrected chi connectivity index (χ0v) is 16.2. The quantitative estimate of drug-likeness (QED) is 0.805. The molecule has 0 aromatic heterocycles. The molecule has 26 heavy (non-hydrogen) atoms. The van der Waals surface area contributed by atoms with E-state index in [1.165, 1.54) is 0 Å². The average Bonchev–Trinajstić information content (AvgIpc) is 2.55. The van der Waals surface area contributed by atoms with Gasteiger partial charge in [0.1, 0.15) is 11.8 Å². The molecule has 0 aliphatic carbocycles. The predicted molar refractivity (Wildman–Crippen MR) is 104 cm³/mol. The van der Waals surface area contributed by atoms with Gasteiger partial charge in [0.2, 0.25) is 15.9 Å². The van der Waals surface area contributed by atoms with E-state index in [4.69, 9.17) is 4.74 Å². The smallest absolute Gasteiger partial charge is 0.247 e. The molecule has 2 rings (SSSR count). The van der Waals surface area contributed by atoms with Crippen molar-refractivity contribution >= 4 is 27.3 Å². The number of nitrogens with one attached hydrogen (secondary N) is 1. The molecular formula is C19H24N2O4S. The molecular weight excluding hydrogens is 352 g/mol. The number of benzene rings is 2. The molecule has 2 aromatic carbocycles. The maximum Gasteiger partial charge on any atom is 0.247 e. The normalized spacial score (nSPS) is 12.3. The highest BCUT2D eigenvalue weighted by atomic mass is 32.2. The topological polar surface area (TPSA) is 75.7 Å². The zero-order valence-electron chi connectivity index (χ0n) is 15.4. The molecule has 1 amide bonds. The van der Waals surface area contributed by atoms with Crippen LogP contribution in [-0.2, 0) is 14.8 Å². The predicted octanol–water partition coefficient (Wildman–Crippen LogP) is 3.19. The molecule has 0 saturated carbocycles. The number of carbonyl (C=O) groups excluding carboxylic acids is 1. The summed E-state index contributed by atoms with van der Waals surface area (Å²) >= 11 is 0. The van der Waals surface area contributed by atoms with Crippen LogP contribution in [0.4, 0.5) is 11.4 Å². The van der Waals surface area contributed by atoms with Gasteiger partial charge in [0.15, 0.2) is 0 Å². The number of hydrogen-bond acceptors (Lipinski definition) is 4. The lowest BCUT2D eigenvalue weighted by Gasteiger charge is -2.28. The Kier molecular flexibility index (Phi) is 6.26. The van der Waals surface area contributed by atoms with E-state index >= 15 is 0 Å². The van der Waals surface area contributed by atoms with Gasteiger partial charge in [0, 0.05) is 5.69 Å². The third kappa shape index (κ3) is 4.98. The van der Waals surface area contributed by atoms with Gasteiger partial charge in [-0.3, -0.25) is 9.10 Å². The van der Waals surface area contributed by atoms with Gasteiger partial charge in [-0.1, -0.05) is 12.1 Å². The van der Waals surface area contributed by atoms with Gasteiger partial charge >= 0.3 is 0 Å². The Balaban J connectivity index is 2.22. The Labute approximate surface area is 154 Å². The molecule has 6 nitrogen and oxygen atoms in total. The molecule has 140 valence electrons. The summed E-state index contributed by atoms with van der Waals surface area (Å²) in [6.45, 7) is 5.88. The summed E-state index contributed by atoms with van der Waals surface area (Å²) in [6.07, 6.45) is 1.09. The minimum absolute atomic E-state index is 0.416. The summed E-state index contributed by atoms with van der Waals surface area (Å²) in [5.74, 6) is 0.289. The van der Waals surface area contributed by atoms with E-state index in [0.29, 0.717) is 23.7 Å². The minimum Gasteiger partial charge on any atom is -0.494 e. The van der Waals surface area contributed by atoms with Crippen molar-refractivity contribution in [2.75, 3.05) is 22.5 Å². The van der Waals surface area contributed by atoms with Crippen molar-refractivity contribution in [2.24, 2.45) is 0 Å². The fourth-order valence-electron chi connectivity index (χ4n) is 2.62. The number of nitrogens with zero attached hydrogens (tertiary/aromatic N) is 1. The van der Waals surface area contributed by atoms with Crippen LogP contribution >= 0.6 is 0 Å². The summed E-state index contributed by atoms with van der Waals surface area (Å²) in [5, 5.41) is 2.75. The highest BCUT2D eigenvalue weighted by Crippen LogP contribution is 2.23. The summed E-state index contributed by atoms with van der Waals surface area (Å²) in [4.78, 5) is 12.6. The number of amides is 1. The Hall–Kier alpha value is -2.54. The van der Waals surface area contributed by atoms with E-state index < -0.39 is 22.0 Å². The van der Waals surface area contributed by atoms with Crippen molar-refractivity contribution in [1.82, 2.24) is 0 Å². The molecule has 7 heteroatoms. The third-order valence-corrected chi connectivity index (χ3v) is 5.02. The molecule has 1 N–H and O–H groups in total. The summed E-state index contributed by atoms with van der Waals surface area (Å²) in [7, 11) is -3.63. The summed E-state index contributed by atoms with van der Waals surface area (Å²) in [6, 6.07) is 13.1. The molecule has 0 heterocycles. The van der Waals surface area contributed by atoms with Crippen LogP contribution in [0.2, 0.25) is 0 Å². The molecule has 1 unspecified atom stereocenters. The number of ether oxygens (including phenoxy) is 1. The summed E-state index contributed by atoms with van der Waals surface area (Å²) in [5.41, 5.74) is 1.94. The van der Waals surface area contributed by atoms with Crippen LogP contribution in [0.3, 0.4) is 0 Å². The zero-order chi connectivity index (χ0) is 19.3. The Morgan fingerprint density at radius 3 is 2.38 bits per heavy atom. The van der Waals surface area contributed by atoms with Crippen LogP contribution in [0.5, 0.6) is 5.75 Å². The van der Waals surface area contributed by atoms with Crippen LogP contribution in [0.1, 0.15) is 19.4 Å². The number of carbonyl (C=O) groups is 1. The van der Waals surface area contributed by atoms with Crippen LogP contribution in [0.15, 0.2) is 48.5 Å². The van der Waals surface area contributed by atoms with E-state index in [9.17, 15) is 13.2 Å². The summed E-state index contributed by atoms with van der Waals surface area (Å²) < 4.78 is 31.1. The maximum absolute atomic E-state index is 12.6. The van der Waals surface area contributed by atoms with Gasteiger partial charge in [-0.15, -0.1) is 0 Å². The number of aryl methyl sites for hydroxylation is 1. The first-order valence-corrected chi connectivity index (χ1v) is 10.2. The van der Waals surface area contributed by atoms with Crippen LogP contribution in [0.25, 0.3) is 0 Å². The van der Waals surface area contributed by atoms with Gasteiger partial charge in [0.05, 0.1) is 18.6 Å². The Bertz CT molecular complexity index is 863. The average molecular weight is 376 g/mol. The van der Waals surface area contributed by atoms with Crippen LogP contribution < -0.4 is 14.4 Å². The monoisotopic (exact) mass is 376 g/mol. The molecule has 0 fully saturated rings. The molecule has 0 radical (unpaired) electrons. The van der Waals surface area contributed by atoms with Gasteiger partial charge in [-0.25, -0.2) is 8.42 Å². The molecule has 1 atom stereocenters. The van der Waals surface area contributed by atoms with E-state index in [1.807, 2.05) is 19.9 Å². The number of anilines is 2. The highest BCUT2D eigenvalue weighted by molar-refractivity contribution is 7.92. The Morgan fingerprint density at radius 2 is 1.85 bits per heavy atom. The lowest BCUT2D eigenvalue weighted by Crippen LogP contribution is -2.45. The molecule has 2 aromatic rings. The minimum atomic E-state index is -3.63. The van der Waals surface area contributed by atoms with Crippen molar-refractivity contribution in [1.29, 1.82) is 0 Å². The van der Waals surface area contributed by atoms with E-state index in [0.717, 1.165) is 16.1 Å². The lowest BCUT2D eigenvalue weighted by atomic mass is 10.2. The largest absolute Gasteiger partial charge is 0.494 e. The van der Waals surface area contributed by atoms with Gasteiger partial charge in [-0.2, -0.15) is 0 Å².